The van der Waals surface area contributed by atoms with Gasteiger partial charge in [0.2, 0.25) is 0 Å². The minimum Gasteiger partial charge on any atom is -0.473 e. The van der Waals surface area contributed by atoms with E-state index in [1.807, 2.05) is 24.3 Å². The summed E-state index contributed by atoms with van der Waals surface area (Å²) in [5, 5.41) is 15.5. The van der Waals surface area contributed by atoms with E-state index >= 15 is 0 Å². The molecule has 0 saturated carbocycles. The van der Waals surface area contributed by atoms with Crippen LogP contribution in [0.1, 0.15) is 16.7 Å². The van der Waals surface area contributed by atoms with Crippen LogP contribution in [0.5, 0.6) is 0 Å². The minimum absolute atomic E-state index is 0.334. The van der Waals surface area contributed by atoms with Gasteiger partial charge in [-0.3, -0.25) is 9.80 Å². The lowest BCUT2D eigenvalue weighted by Gasteiger charge is -2.35. The summed E-state index contributed by atoms with van der Waals surface area (Å²) in [7, 11) is 0. The maximum absolute atomic E-state index is 13.1. The van der Waals surface area contributed by atoms with E-state index in [1.54, 1.807) is 12.1 Å². The molecule has 0 aromatic heterocycles. The summed E-state index contributed by atoms with van der Waals surface area (Å²) < 4.78 is 39.3. The highest BCUT2D eigenvalue weighted by Crippen LogP contribution is 2.32. The fraction of sp³-hybridized carbons (Fsp3) is 0.333. The highest BCUT2D eigenvalue weighted by molar-refractivity contribution is 6.30. The molecule has 31 heavy (non-hydrogen) atoms. The van der Waals surface area contributed by atoms with Crippen LogP contribution in [0.15, 0.2) is 48.5 Å². The molecular formula is C21H22ClF3N2O4. The first-order chi connectivity index (χ1) is 14.6. The van der Waals surface area contributed by atoms with E-state index in [2.05, 4.69) is 9.80 Å². The van der Waals surface area contributed by atoms with Crippen LogP contribution in [0.4, 0.5) is 13.2 Å². The smallest absolute Gasteiger partial charge is 0.416 e. The summed E-state index contributed by atoms with van der Waals surface area (Å²) in [4.78, 5) is 22.6. The second-order valence-corrected chi connectivity index (χ2v) is 7.38. The van der Waals surface area contributed by atoms with Gasteiger partial charge in [0.05, 0.1) is 5.56 Å². The van der Waals surface area contributed by atoms with E-state index in [4.69, 9.17) is 31.4 Å². The van der Waals surface area contributed by atoms with Crippen LogP contribution in [0, 0.1) is 0 Å². The second-order valence-electron chi connectivity index (χ2n) is 6.95. The number of carboxylic acid groups (broad SMARTS) is 2. The molecule has 3 rings (SSSR count). The standard InChI is InChI=1S/C19H20ClF3N2.C2H2O4/c20-17-6-3-4-15(12-17)13-24-8-10-25(11-9-24)14-16-5-1-2-7-18(16)19(21,22)23;3-1(4)2(5)6/h1-7,12H,8-11,13-14H2;(H,3,4)(H,5,6). The van der Waals surface area contributed by atoms with E-state index < -0.39 is 23.7 Å². The van der Waals surface area contributed by atoms with Crippen molar-refractivity contribution in [2.75, 3.05) is 26.2 Å². The Morgan fingerprint density at radius 2 is 1.42 bits per heavy atom. The molecule has 6 nitrogen and oxygen atoms in total. The molecule has 168 valence electrons. The molecule has 2 aromatic rings. The van der Waals surface area contributed by atoms with Gasteiger partial charge in [0.15, 0.2) is 0 Å². The van der Waals surface area contributed by atoms with Crippen LogP contribution >= 0.6 is 11.6 Å². The monoisotopic (exact) mass is 458 g/mol. The number of carboxylic acids is 2. The van der Waals surface area contributed by atoms with Crippen molar-refractivity contribution in [3.8, 4) is 0 Å². The van der Waals surface area contributed by atoms with Crippen LogP contribution < -0.4 is 0 Å². The predicted molar refractivity (Wildman–Crippen MR) is 109 cm³/mol. The van der Waals surface area contributed by atoms with Gasteiger partial charge in [-0.25, -0.2) is 9.59 Å². The van der Waals surface area contributed by atoms with Crippen LogP contribution in [0.3, 0.4) is 0 Å². The molecule has 1 aliphatic rings. The lowest BCUT2D eigenvalue weighted by atomic mass is 10.1. The molecule has 10 heteroatoms. The van der Waals surface area contributed by atoms with Crippen molar-refractivity contribution in [1.82, 2.24) is 9.80 Å². The van der Waals surface area contributed by atoms with Gasteiger partial charge in [0.1, 0.15) is 0 Å². The van der Waals surface area contributed by atoms with Crippen molar-refractivity contribution < 1.29 is 33.0 Å². The van der Waals surface area contributed by atoms with Crippen molar-refractivity contribution in [2.45, 2.75) is 19.3 Å². The molecule has 0 spiro atoms. The average Bonchev–Trinajstić information content (AvgIpc) is 2.69. The Morgan fingerprint density at radius 3 is 1.94 bits per heavy atom. The van der Waals surface area contributed by atoms with Crippen molar-refractivity contribution in [1.29, 1.82) is 0 Å². The molecule has 0 radical (unpaired) electrons. The van der Waals surface area contributed by atoms with Crippen molar-refractivity contribution in [3.05, 3.63) is 70.2 Å². The second kappa shape index (κ2) is 11.1. The van der Waals surface area contributed by atoms with E-state index in [0.29, 0.717) is 12.1 Å². The maximum Gasteiger partial charge on any atom is 0.416 e. The molecule has 0 unspecified atom stereocenters. The molecule has 1 fully saturated rings. The Bertz CT molecular complexity index is 888. The molecule has 1 aliphatic heterocycles. The summed E-state index contributed by atoms with van der Waals surface area (Å²) in [5.74, 6) is -3.65. The van der Waals surface area contributed by atoms with Gasteiger partial charge in [0, 0.05) is 44.3 Å². The fourth-order valence-corrected chi connectivity index (χ4v) is 3.39. The predicted octanol–water partition coefficient (Wildman–Crippen LogP) is 3.83. The molecule has 2 N–H and O–H groups in total. The van der Waals surface area contributed by atoms with E-state index in [0.717, 1.165) is 49.4 Å². The first-order valence-electron chi connectivity index (χ1n) is 9.36. The number of hydrogen-bond donors (Lipinski definition) is 2. The van der Waals surface area contributed by atoms with Gasteiger partial charge < -0.3 is 10.2 Å². The van der Waals surface area contributed by atoms with Crippen LogP contribution in [-0.4, -0.2) is 58.1 Å². The largest absolute Gasteiger partial charge is 0.473 e. The highest BCUT2D eigenvalue weighted by Gasteiger charge is 2.33. The van der Waals surface area contributed by atoms with E-state index in [1.165, 1.54) is 6.07 Å². The molecule has 2 aromatic carbocycles. The number of hydrogen-bond acceptors (Lipinski definition) is 4. The number of benzene rings is 2. The first-order valence-corrected chi connectivity index (χ1v) is 9.74. The first kappa shape index (κ1) is 24.6. The average molecular weight is 459 g/mol. The quantitative estimate of drug-likeness (QED) is 0.678. The SMILES string of the molecule is FC(F)(F)c1ccccc1CN1CCN(Cc2cccc(Cl)c2)CC1.O=C(O)C(=O)O. The summed E-state index contributed by atoms with van der Waals surface area (Å²) in [6.07, 6.45) is -4.30. The lowest BCUT2D eigenvalue weighted by molar-refractivity contribution is -0.159. The summed E-state index contributed by atoms with van der Waals surface area (Å²) in [5.41, 5.74) is 0.970. The number of rotatable bonds is 4. The molecule has 0 amide bonds. The Balaban J connectivity index is 0.000000501. The van der Waals surface area contributed by atoms with Crippen molar-refractivity contribution in [3.63, 3.8) is 0 Å². The molecule has 0 aliphatic carbocycles. The third-order valence-electron chi connectivity index (χ3n) is 4.66. The van der Waals surface area contributed by atoms with Gasteiger partial charge in [-0.15, -0.1) is 0 Å². The molecule has 1 heterocycles. The molecular weight excluding hydrogens is 437 g/mol. The fourth-order valence-electron chi connectivity index (χ4n) is 3.17. The molecule has 0 bridgehead atoms. The van der Waals surface area contributed by atoms with Crippen LogP contribution in [0.2, 0.25) is 5.02 Å². The highest BCUT2D eigenvalue weighted by atomic mass is 35.5. The normalized spacial score (nSPS) is 15.1. The summed E-state index contributed by atoms with van der Waals surface area (Å²) >= 11 is 6.01. The summed E-state index contributed by atoms with van der Waals surface area (Å²) in [6, 6.07) is 13.6. The number of piperazine rings is 1. The van der Waals surface area contributed by atoms with Crippen LogP contribution in [0.25, 0.3) is 0 Å². The summed E-state index contributed by atoms with van der Waals surface area (Å²) in [6.45, 7) is 4.33. The third-order valence-corrected chi connectivity index (χ3v) is 4.89. The van der Waals surface area contributed by atoms with Gasteiger partial charge in [0.25, 0.3) is 0 Å². The van der Waals surface area contributed by atoms with Gasteiger partial charge in [-0.05, 0) is 29.3 Å². The third kappa shape index (κ3) is 8.20. The zero-order chi connectivity index (χ0) is 23.0. The molecule has 1 saturated heterocycles. The van der Waals surface area contributed by atoms with Gasteiger partial charge >= 0.3 is 18.1 Å². The number of halogens is 4. The number of carbonyl (C=O) groups is 2. The Labute approximate surface area is 182 Å². The number of nitrogens with zero attached hydrogens (tertiary/aromatic N) is 2. The van der Waals surface area contributed by atoms with Crippen molar-refractivity contribution >= 4 is 23.5 Å². The Morgan fingerprint density at radius 1 is 0.871 bits per heavy atom. The van der Waals surface area contributed by atoms with Gasteiger partial charge in [-0.1, -0.05) is 41.9 Å². The topological polar surface area (TPSA) is 81.1 Å². The van der Waals surface area contributed by atoms with E-state index in [-0.39, 0.29) is 0 Å². The Kier molecular flexibility index (Phi) is 8.85. The lowest BCUT2D eigenvalue weighted by Crippen LogP contribution is -2.45. The Hall–Kier alpha value is -2.62. The van der Waals surface area contributed by atoms with E-state index in [9.17, 15) is 13.2 Å². The maximum atomic E-state index is 13.1. The number of aliphatic carboxylic acids is 2. The van der Waals surface area contributed by atoms with Crippen molar-refractivity contribution in [2.24, 2.45) is 0 Å². The minimum atomic E-state index is -4.30. The zero-order valence-electron chi connectivity index (χ0n) is 16.5. The van der Waals surface area contributed by atoms with Crippen LogP contribution in [-0.2, 0) is 28.9 Å². The molecule has 0 atom stereocenters. The zero-order valence-corrected chi connectivity index (χ0v) is 17.2. The van der Waals surface area contributed by atoms with Gasteiger partial charge in [-0.2, -0.15) is 13.2 Å². The number of alkyl halides is 3.